The summed E-state index contributed by atoms with van der Waals surface area (Å²) in [5.74, 6) is 3.09. The van der Waals surface area contributed by atoms with Gasteiger partial charge < -0.3 is 9.47 Å². The molecule has 0 aromatic heterocycles. The highest BCUT2D eigenvalue weighted by atomic mass is 32.2. The average molecular weight is 228 g/mol. The van der Waals surface area contributed by atoms with Crippen LogP contribution in [0.15, 0.2) is 0 Å². The van der Waals surface area contributed by atoms with Gasteiger partial charge >= 0.3 is 0 Å². The Labute approximate surface area is 97.1 Å². The maximum atomic E-state index is 5.56. The van der Waals surface area contributed by atoms with E-state index in [-0.39, 0.29) is 6.29 Å². The van der Waals surface area contributed by atoms with Crippen LogP contribution in [0.25, 0.3) is 0 Å². The maximum absolute atomic E-state index is 5.56. The van der Waals surface area contributed by atoms with Crippen molar-refractivity contribution in [2.24, 2.45) is 0 Å². The number of thioether (sulfide) groups is 1. The monoisotopic (exact) mass is 228 g/mol. The van der Waals surface area contributed by atoms with E-state index in [0.717, 1.165) is 19.4 Å². The van der Waals surface area contributed by atoms with Gasteiger partial charge in [-0.1, -0.05) is 31.5 Å². The number of ether oxygens (including phenoxy) is 2. The van der Waals surface area contributed by atoms with Crippen LogP contribution in [0.5, 0.6) is 0 Å². The fourth-order valence-electron chi connectivity index (χ4n) is 1.29. The zero-order valence-corrected chi connectivity index (χ0v) is 10.4. The van der Waals surface area contributed by atoms with Gasteiger partial charge in [-0.15, -0.1) is 0 Å². The van der Waals surface area contributed by atoms with E-state index >= 15 is 0 Å². The first-order valence-corrected chi connectivity index (χ1v) is 6.53. The molecule has 1 rings (SSSR count). The van der Waals surface area contributed by atoms with Gasteiger partial charge in [-0.2, -0.15) is 0 Å². The van der Waals surface area contributed by atoms with E-state index in [1.165, 1.54) is 12.8 Å². The Bertz CT molecular complexity index is 211. The van der Waals surface area contributed by atoms with E-state index < -0.39 is 0 Å². The minimum atomic E-state index is 0.0262. The molecule has 0 saturated carbocycles. The van der Waals surface area contributed by atoms with Crippen molar-refractivity contribution in [1.29, 1.82) is 0 Å². The lowest BCUT2D eigenvalue weighted by atomic mass is 10.2. The Kier molecular flexibility index (Phi) is 6.91. The van der Waals surface area contributed by atoms with E-state index in [1.807, 2.05) is 0 Å². The van der Waals surface area contributed by atoms with Crippen molar-refractivity contribution in [2.45, 2.75) is 51.1 Å². The lowest BCUT2D eigenvalue weighted by molar-refractivity contribution is -0.161. The first-order chi connectivity index (χ1) is 7.29. The van der Waals surface area contributed by atoms with Gasteiger partial charge in [0.15, 0.2) is 6.29 Å². The standard InChI is InChI=1S/C12H20O2S/c1-11(2)15-10-6-5-9-14-12-7-3-4-8-13-12/h11-12H,3-5,7-9H2,1-2H3. The van der Waals surface area contributed by atoms with Crippen molar-refractivity contribution in [3.63, 3.8) is 0 Å². The molecule has 0 radical (unpaired) electrons. The fourth-order valence-corrected chi connectivity index (χ4v) is 1.72. The summed E-state index contributed by atoms with van der Waals surface area (Å²) in [5, 5.41) is 3.65. The third-order valence-electron chi connectivity index (χ3n) is 2.04. The molecule has 3 heteroatoms. The highest BCUT2D eigenvalue weighted by Gasteiger charge is 2.12. The van der Waals surface area contributed by atoms with Crippen LogP contribution in [0.1, 0.15) is 39.5 Å². The van der Waals surface area contributed by atoms with Crippen molar-refractivity contribution in [3.05, 3.63) is 0 Å². The molecule has 86 valence electrons. The second kappa shape index (κ2) is 8.04. The van der Waals surface area contributed by atoms with E-state index in [9.17, 15) is 0 Å². The quantitative estimate of drug-likeness (QED) is 0.544. The smallest absolute Gasteiger partial charge is 0.157 e. The Morgan fingerprint density at radius 3 is 3.00 bits per heavy atom. The van der Waals surface area contributed by atoms with Crippen LogP contribution < -0.4 is 0 Å². The summed E-state index contributed by atoms with van der Waals surface area (Å²) in [7, 11) is 0. The van der Waals surface area contributed by atoms with Gasteiger partial charge in [0.2, 0.25) is 0 Å². The average Bonchev–Trinajstić information content (AvgIpc) is 2.24. The van der Waals surface area contributed by atoms with E-state index in [2.05, 4.69) is 25.0 Å². The molecule has 15 heavy (non-hydrogen) atoms. The van der Waals surface area contributed by atoms with Crippen LogP contribution in [-0.2, 0) is 9.47 Å². The minimum Gasteiger partial charge on any atom is -0.353 e. The molecule has 1 aliphatic rings. The predicted molar refractivity (Wildman–Crippen MR) is 64.7 cm³/mol. The molecular weight excluding hydrogens is 208 g/mol. The summed E-state index contributed by atoms with van der Waals surface area (Å²) >= 11 is 1.67. The normalized spacial score (nSPS) is 21.1. The largest absolute Gasteiger partial charge is 0.353 e. The van der Waals surface area contributed by atoms with Gasteiger partial charge in [-0.05, 0) is 24.5 Å². The van der Waals surface area contributed by atoms with E-state index in [4.69, 9.17) is 9.47 Å². The lowest BCUT2D eigenvalue weighted by Gasteiger charge is -2.22. The van der Waals surface area contributed by atoms with Crippen molar-refractivity contribution in [2.75, 3.05) is 13.2 Å². The molecule has 1 unspecified atom stereocenters. The van der Waals surface area contributed by atoms with Gasteiger partial charge in [0.25, 0.3) is 0 Å². The number of rotatable bonds is 4. The van der Waals surface area contributed by atoms with Crippen molar-refractivity contribution in [3.8, 4) is 11.2 Å². The summed E-state index contributed by atoms with van der Waals surface area (Å²) < 4.78 is 11.0. The maximum Gasteiger partial charge on any atom is 0.157 e. The molecule has 1 saturated heterocycles. The van der Waals surface area contributed by atoms with Crippen LogP contribution in [0, 0.1) is 11.2 Å². The highest BCUT2D eigenvalue weighted by Crippen LogP contribution is 2.13. The Hall–Kier alpha value is -0.170. The molecule has 0 amide bonds. The van der Waals surface area contributed by atoms with Crippen molar-refractivity contribution < 1.29 is 9.47 Å². The third kappa shape index (κ3) is 6.83. The molecule has 1 fully saturated rings. The number of hydrogen-bond donors (Lipinski definition) is 0. The number of hydrogen-bond acceptors (Lipinski definition) is 3. The van der Waals surface area contributed by atoms with Gasteiger partial charge in [-0.3, -0.25) is 0 Å². The summed E-state index contributed by atoms with van der Waals surface area (Å²) in [6.45, 7) is 5.83. The van der Waals surface area contributed by atoms with Crippen LogP contribution in [0.4, 0.5) is 0 Å². The molecule has 2 nitrogen and oxygen atoms in total. The topological polar surface area (TPSA) is 18.5 Å². The summed E-state index contributed by atoms with van der Waals surface area (Å²) in [6.07, 6.45) is 4.26. The van der Waals surface area contributed by atoms with E-state index in [1.54, 1.807) is 11.8 Å². The third-order valence-corrected chi connectivity index (χ3v) is 2.77. The summed E-state index contributed by atoms with van der Waals surface area (Å²) in [4.78, 5) is 0. The molecule has 1 atom stereocenters. The molecule has 1 aliphatic heterocycles. The molecule has 0 spiro atoms. The van der Waals surface area contributed by atoms with Gasteiger partial charge in [0.1, 0.15) is 0 Å². The molecule has 0 bridgehead atoms. The highest BCUT2D eigenvalue weighted by molar-refractivity contribution is 8.04. The molecule has 1 heterocycles. The molecule has 0 N–H and O–H groups in total. The Morgan fingerprint density at radius 2 is 2.33 bits per heavy atom. The van der Waals surface area contributed by atoms with Crippen molar-refractivity contribution in [1.82, 2.24) is 0 Å². The zero-order chi connectivity index (χ0) is 10.9. The van der Waals surface area contributed by atoms with Crippen LogP contribution in [0.2, 0.25) is 0 Å². The second-order valence-corrected chi connectivity index (χ2v) is 5.25. The van der Waals surface area contributed by atoms with Gasteiger partial charge in [0.05, 0.1) is 6.61 Å². The molecular formula is C12H20O2S. The van der Waals surface area contributed by atoms with E-state index in [0.29, 0.717) is 11.9 Å². The van der Waals surface area contributed by atoms with Crippen molar-refractivity contribution >= 4 is 11.8 Å². The lowest BCUT2D eigenvalue weighted by Crippen LogP contribution is -2.22. The summed E-state index contributed by atoms with van der Waals surface area (Å²) in [5.41, 5.74) is 0. The first-order valence-electron chi connectivity index (χ1n) is 5.66. The van der Waals surface area contributed by atoms with Gasteiger partial charge in [0, 0.05) is 18.3 Å². The Morgan fingerprint density at radius 1 is 1.47 bits per heavy atom. The van der Waals surface area contributed by atoms with Crippen LogP contribution in [0.3, 0.4) is 0 Å². The molecule has 0 aromatic carbocycles. The molecule has 0 aliphatic carbocycles. The Balaban J connectivity index is 1.97. The zero-order valence-electron chi connectivity index (χ0n) is 9.62. The van der Waals surface area contributed by atoms with Gasteiger partial charge in [-0.25, -0.2) is 0 Å². The second-order valence-electron chi connectivity index (χ2n) is 3.86. The minimum absolute atomic E-state index is 0.0262. The van der Waals surface area contributed by atoms with Crippen LogP contribution >= 0.6 is 11.8 Å². The predicted octanol–water partition coefficient (Wildman–Crippen LogP) is 3.02. The summed E-state index contributed by atoms with van der Waals surface area (Å²) in [6, 6.07) is 0. The fraction of sp³-hybridized carbons (Fsp3) is 0.833. The SMILES string of the molecule is CC(C)SC#CCCOC1CCCCO1. The van der Waals surface area contributed by atoms with Crippen LogP contribution in [-0.4, -0.2) is 24.8 Å². The first kappa shape index (κ1) is 12.9. The molecule has 0 aromatic rings.